The van der Waals surface area contributed by atoms with Gasteiger partial charge < -0.3 is 5.32 Å². The van der Waals surface area contributed by atoms with Crippen LogP contribution in [0.4, 0.5) is 5.69 Å². The number of hydrogen-bond acceptors (Lipinski definition) is 2. The number of anilines is 1. The summed E-state index contributed by atoms with van der Waals surface area (Å²) in [6, 6.07) is 9.77. The van der Waals surface area contributed by atoms with Gasteiger partial charge in [0.25, 0.3) is 0 Å². The number of fused-ring (bicyclic) bond motifs is 2. The first-order chi connectivity index (χ1) is 10.6. The minimum Gasteiger partial charge on any atom is -0.382 e. The van der Waals surface area contributed by atoms with Crippen molar-refractivity contribution in [3.05, 3.63) is 56.3 Å². The third-order valence-corrected chi connectivity index (χ3v) is 6.36. The van der Waals surface area contributed by atoms with Gasteiger partial charge in [-0.1, -0.05) is 30.7 Å². The van der Waals surface area contributed by atoms with Gasteiger partial charge in [-0.3, -0.25) is 0 Å². The molecule has 0 amide bonds. The van der Waals surface area contributed by atoms with Crippen molar-refractivity contribution in [2.24, 2.45) is 0 Å². The normalized spacial score (nSPS) is 23.3. The molecule has 1 nitrogen and oxygen atoms in total. The predicted molar refractivity (Wildman–Crippen MR) is 97.0 cm³/mol. The molecule has 0 spiro atoms. The molecular formula is C20H23NS. The van der Waals surface area contributed by atoms with Gasteiger partial charge in [0, 0.05) is 38.5 Å². The molecular weight excluding hydrogens is 286 g/mol. The van der Waals surface area contributed by atoms with Crippen LogP contribution in [0.3, 0.4) is 0 Å². The number of aryl methyl sites for hydroxylation is 2. The fourth-order valence-electron chi connectivity index (χ4n) is 3.89. The maximum atomic E-state index is 3.75. The van der Waals surface area contributed by atoms with Gasteiger partial charge in [-0.2, -0.15) is 0 Å². The second-order valence-electron chi connectivity index (χ2n) is 6.84. The van der Waals surface area contributed by atoms with Crippen molar-refractivity contribution in [1.29, 1.82) is 0 Å². The van der Waals surface area contributed by atoms with Crippen LogP contribution in [-0.4, -0.2) is 6.04 Å². The van der Waals surface area contributed by atoms with Crippen molar-refractivity contribution < 1.29 is 0 Å². The molecule has 0 saturated carbocycles. The van der Waals surface area contributed by atoms with Crippen LogP contribution in [0, 0.1) is 6.92 Å². The molecule has 1 aromatic heterocycles. The smallest absolute Gasteiger partial charge is 0.0454 e. The van der Waals surface area contributed by atoms with Crippen LogP contribution in [0.1, 0.15) is 59.6 Å². The van der Waals surface area contributed by atoms with E-state index in [-0.39, 0.29) is 0 Å². The molecule has 0 bridgehead atoms. The van der Waals surface area contributed by atoms with E-state index < -0.39 is 0 Å². The zero-order valence-electron chi connectivity index (χ0n) is 13.8. The molecule has 2 unspecified atom stereocenters. The number of rotatable bonds is 1. The van der Waals surface area contributed by atoms with Crippen LogP contribution >= 0.6 is 11.3 Å². The van der Waals surface area contributed by atoms with E-state index in [4.69, 9.17) is 0 Å². The van der Waals surface area contributed by atoms with Gasteiger partial charge in [-0.05, 0) is 50.8 Å². The molecule has 1 N–H and O–H groups in total. The molecule has 1 aliphatic carbocycles. The maximum Gasteiger partial charge on any atom is 0.0454 e. The van der Waals surface area contributed by atoms with Crippen LogP contribution < -0.4 is 5.32 Å². The van der Waals surface area contributed by atoms with Gasteiger partial charge in [-0.15, -0.1) is 11.3 Å². The monoisotopic (exact) mass is 309 g/mol. The van der Waals surface area contributed by atoms with Gasteiger partial charge in [0.1, 0.15) is 0 Å². The van der Waals surface area contributed by atoms with Crippen molar-refractivity contribution in [2.45, 2.75) is 52.5 Å². The van der Waals surface area contributed by atoms with Gasteiger partial charge in [0.05, 0.1) is 0 Å². The van der Waals surface area contributed by atoms with Gasteiger partial charge in [-0.25, -0.2) is 0 Å². The average molecular weight is 309 g/mol. The molecule has 2 aliphatic rings. The molecule has 0 fully saturated rings. The average Bonchev–Trinajstić information content (AvgIpc) is 2.97. The first kappa shape index (κ1) is 14.1. The Morgan fingerprint density at radius 1 is 1.18 bits per heavy atom. The summed E-state index contributed by atoms with van der Waals surface area (Å²) in [4.78, 5) is 2.92. The predicted octanol–water partition coefficient (Wildman–Crippen LogP) is 5.74. The molecule has 2 heterocycles. The molecule has 2 atom stereocenters. The highest BCUT2D eigenvalue weighted by Gasteiger charge is 2.30. The molecule has 1 aromatic carbocycles. The number of allylic oxidation sites excluding steroid dienone is 1. The summed E-state index contributed by atoms with van der Waals surface area (Å²) >= 11 is 1.95. The van der Waals surface area contributed by atoms with Crippen molar-refractivity contribution >= 4 is 22.6 Å². The Morgan fingerprint density at radius 3 is 2.82 bits per heavy atom. The third kappa shape index (κ3) is 1.97. The summed E-state index contributed by atoms with van der Waals surface area (Å²) in [7, 11) is 0. The minimum atomic E-state index is 0.548. The lowest BCUT2D eigenvalue weighted by molar-refractivity contribution is 0.680. The van der Waals surface area contributed by atoms with E-state index in [9.17, 15) is 0 Å². The summed E-state index contributed by atoms with van der Waals surface area (Å²) in [6.45, 7) is 9.18. The Kier molecular flexibility index (Phi) is 3.19. The SMILES string of the molecule is CC1=C(c2cccc3c2NC(C)CC3)c2sc(C)cc2C1C. The molecule has 114 valence electrons. The van der Waals surface area contributed by atoms with E-state index in [2.05, 4.69) is 57.3 Å². The van der Waals surface area contributed by atoms with Gasteiger partial charge >= 0.3 is 0 Å². The Bertz CT molecular complexity index is 781. The highest BCUT2D eigenvalue weighted by atomic mass is 32.1. The zero-order valence-corrected chi connectivity index (χ0v) is 14.6. The minimum absolute atomic E-state index is 0.548. The van der Waals surface area contributed by atoms with Gasteiger partial charge in [0.15, 0.2) is 0 Å². The summed E-state index contributed by atoms with van der Waals surface area (Å²) in [5, 5.41) is 3.75. The van der Waals surface area contributed by atoms with Crippen LogP contribution in [0.5, 0.6) is 0 Å². The lowest BCUT2D eigenvalue weighted by Crippen LogP contribution is -2.23. The lowest BCUT2D eigenvalue weighted by atomic mass is 9.91. The topological polar surface area (TPSA) is 12.0 Å². The number of hydrogen-bond donors (Lipinski definition) is 1. The Balaban J connectivity index is 1.93. The summed E-state index contributed by atoms with van der Waals surface area (Å²) in [6.07, 6.45) is 2.42. The van der Waals surface area contributed by atoms with E-state index in [0.29, 0.717) is 12.0 Å². The summed E-state index contributed by atoms with van der Waals surface area (Å²) < 4.78 is 0. The molecule has 2 aromatic rings. The first-order valence-corrected chi connectivity index (χ1v) is 9.08. The van der Waals surface area contributed by atoms with E-state index in [1.165, 1.54) is 56.1 Å². The summed E-state index contributed by atoms with van der Waals surface area (Å²) in [5.41, 5.74) is 8.80. The molecule has 0 saturated heterocycles. The second-order valence-corrected chi connectivity index (χ2v) is 8.10. The van der Waals surface area contributed by atoms with Crippen molar-refractivity contribution in [3.8, 4) is 0 Å². The highest BCUT2D eigenvalue weighted by Crippen LogP contribution is 2.50. The van der Waals surface area contributed by atoms with Gasteiger partial charge in [0.2, 0.25) is 0 Å². The van der Waals surface area contributed by atoms with E-state index in [1.54, 1.807) is 0 Å². The maximum absolute atomic E-state index is 3.75. The zero-order chi connectivity index (χ0) is 15.4. The van der Waals surface area contributed by atoms with Crippen LogP contribution in [0.25, 0.3) is 5.57 Å². The fraction of sp³-hybridized carbons (Fsp3) is 0.400. The second kappa shape index (κ2) is 4.99. The Morgan fingerprint density at radius 2 is 2.00 bits per heavy atom. The van der Waals surface area contributed by atoms with Crippen molar-refractivity contribution in [2.75, 3.05) is 5.32 Å². The van der Waals surface area contributed by atoms with E-state index in [1.807, 2.05) is 11.3 Å². The molecule has 2 heteroatoms. The standard InChI is InChI=1S/C20H23NS/c1-11-8-9-15-6-5-7-16(19(15)21-11)18-14(4)13(3)17-10-12(2)22-20(17)18/h5-7,10-11,13,21H,8-9H2,1-4H3. The Labute approximate surface area is 137 Å². The molecule has 4 rings (SSSR count). The molecule has 22 heavy (non-hydrogen) atoms. The molecule has 1 aliphatic heterocycles. The number of para-hydroxylation sites is 1. The number of nitrogens with one attached hydrogen (secondary N) is 1. The first-order valence-electron chi connectivity index (χ1n) is 8.26. The highest BCUT2D eigenvalue weighted by molar-refractivity contribution is 7.13. The van der Waals surface area contributed by atoms with E-state index in [0.717, 1.165) is 0 Å². The molecule has 0 radical (unpaired) electrons. The number of thiophene rings is 1. The van der Waals surface area contributed by atoms with Crippen LogP contribution in [-0.2, 0) is 6.42 Å². The Hall–Kier alpha value is -1.54. The van der Waals surface area contributed by atoms with Crippen molar-refractivity contribution in [3.63, 3.8) is 0 Å². The van der Waals surface area contributed by atoms with Crippen LogP contribution in [0.15, 0.2) is 29.8 Å². The van der Waals surface area contributed by atoms with E-state index >= 15 is 0 Å². The lowest BCUT2D eigenvalue weighted by Gasteiger charge is -2.27. The van der Waals surface area contributed by atoms with Crippen LogP contribution in [0.2, 0.25) is 0 Å². The van der Waals surface area contributed by atoms with Crippen molar-refractivity contribution in [1.82, 2.24) is 0 Å². The quantitative estimate of drug-likeness (QED) is 0.708. The number of benzene rings is 1. The third-order valence-electron chi connectivity index (χ3n) is 5.28. The largest absolute Gasteiger partial charge is 0.382 e. The summed E-state index contributed by atoms with van der Waals surface area (Å²) in [5.74, 6) is 0.548. The fourth-order valence-corrected chi connectivity index (χ4v) is 5.13.